The van der Waals surface area contributed by atoms with Gasteiger partial charge in [0.1, 0.15) is 5.78 Å². The molecule has 0 saturated carbocycles. The lowest BCUT2D eigenvalue weighted by molar-refractivity contribution is -0.123. The Morgan fingerprint density at radius 2 is 1.80 bits per heavy atom. The Morgan fingerprint density at radius 3 is 2.35 bits per heavy atom. The van der Waals surface area contributed by atoms with Crippen LogP contribution in [0.1, 0.15) is 39.2 Å². The van der Waals surface area contributed by atoms with Crippen molar-refractivity contribution in [1.82, 2.24) is 0 Å². The van der Waals surface area contributed by atoms with Gasteiger partial charge in [-0.05, 0) is 25.5 Å². The summed E-state index contributed by atoms with van der Waals surface area (Å²) in [4.78, 5) is 12.3. The molecule has 1 aliphatic heterocycles. The highest BCUT2D eigenvalue weighted by atomic mass is 32.2. The fourth-order valence-corrected chi connectivity index (χ4v) is 3.82. The largest absolute Gasteiger partial charge is 0.299 e. The van der Waals surface area contributed by atoms with Gasteiger partial charge in [-0.25, -0.2) is 8.42 Å². The number of hydrogen-bond acceptors (Lipinski definition) is 3. The second kappa shape index (κ2) is 5.20. The van der Waals surface area contributed by atoms with E-state index in [0.717, 1.165) is 5.56 Å². The number of rotatable bonds is 4. The number of benzene rings is 1. The third-order valence-corrected chi connectivity index (χ3v) is 5.90. The maximum atomic E-state index is 12.4. The highest BCUT2D eigenvalue weighted by Gasteiger charge is 2.40. The minimum Gasteiger partial charge on any atom is -0.299 e. The zero-order chi connectivity index (χ0) is 15.1. The number of anilines is 1. The number of para-hydroxylation sites is 1. The number of hydrogen-bond donors (Lipinski definition) is 0. The Balaban J connectivity index is 2.50. The molecular weight excluding hydrogens is 274 g/mol. The quantitative estimate of drug-likeness (QED) is 0.858. The van der Waals surface area contributed by atoms with E-state index in [4.69, 9.17) is 0 Å². The third kappa shape index (κ3) is 2.35. The van der Waals surface area contributed by atoms with Crippen LogP contribution < -0.4 is 4.31 Å². The number of fused-ring (bicyclic) bond motifs is 1. The highest BCUT2D eigenvalue weighted by molar-refractivity contribution is 7.93. The van der Waals surface area contributed by atoms with Crippen molar-refractivity contribution >= 4 is 21.5 Å². The van der Waals surface area contributed by atoms with Crippen molar-refractivity contribution in [3.05, 3.63) is 29.8 Å². The normalized spacial score (nSPS) is 18.7. The van der Waals surface area contributed by atoms with E-state index in [1.165, 1.54) is 4.31 Å². The van der Waals surface area contributed by atoms with E-state index in [-0.39, 0.29) is 24.2 Å². The maximum Gasteiger partial charge on any atom is 0.237 e. The summed E-state index contributed by atoms with van der Waals surface area (Å²) in [6, 6.07) is 7.30. The van der Waals surface area contributed by atoms with Crippen LogP contribution in [0.3, 0.4) is 0 Å². The fraction of sp³-hybridized carbons (Fsp3) is 0.533. The van der Waals surface area contributed by atoms with Crippen molar-refractivity contribution in [3.8, 4) is 0 Å². The van der Waals surface area contributed by atoms with Crippen molar-refractivity contribution in [1.29, 1.82) is 0 Å². The van der Waals surface area contributed by atoms with Crippen LogP contribution in [-0.2, 0) is 14.8 Å². The van der Waals surface area contributed by atoms with Crippen LogP contribution in [0.2, 0.25) is 0 Å². The first kappa shape index (κ1) is 15.0. The SMILES string of the molecule is CC(C)C(=O)C1CN(S(=O)(=O)C(C)C)c2ccccc21. The molecule has 0 amide bonds. The van der Waals surface area contributed by atoms with Crippen LogP contribution in [0.5, 0.6) is 0 Å². The van der Waals surface area contributed by atoms with Crippen LogP contribution in [0, 0.1) is 5.92 Å². The van der Waals surface area contributed by atoms with Gasteiger partial charge < -0.3 is 0 Å². The van der Waals surface area contributed by atoms with Crippen molar-refractivity contribution in [3.63, 3.8) is 0 Å². The zero-order valence-corrected chi connectivity index (χ0v) is 13.1. The van der Waals surface area contributed by atoms with Crippen LogP contribution in [0.4, 0.5) is 5.69 Å². The number of ketones is 1. The van der Waals surface area contributed by atoms with Gasteiger partial charge in [0.15, 0.2) is 0 Å². The molecule has 0 radical (unpaired) electrons. The molecule has 2 rings (SSSR count). The van der Waals surface area contributed by atoms with Gasteiger partial charge >= 0.3 is 0 Å². The molecule has 0 N–H and O–H groups in total. The van der Waals surface area contributed by atoms with E-state index in [1.807, 2.05) is 32.0 Å². The fourth-order valence-electron chi connectivity index (χ4n) is 2.51. The van der Waals surface area contributed by atoms with Crippen LogP contribution >= 0.6 is 0 Å². The number of Topliss-reactive ketones (excluding diaryl/α,β-unsaturated/α-hetero) is 1. The predicted molar refractivity (Wildman–Crippen MR) is 80.4 cm³/mol. The molecule has 0 aromatic heterocycles. The van der Waals surface area contributed by atoms with E-state index in [2.05, 4.69) is 0 Å². The second-order valence-electron chi connectivity index (χ2n) is 5.79. The average molecular weight is 295 g/mol. The molecule has 5 heteroatoms. The predicted octanol–water partition coefficient (Wildman–Crippen LogP) is 2.55. The van der Waals surface area contributed by atoms with Gasteiger partial charge in [0.05, 0.1) is 16.9 Å². The van der Waals surface area contributed by atoms with Gasteiger partial charge in [-0.2, -0.15) is 0 Å². The van der Waals surface area contributed by atoms with Crippen molar-refractivity contribution in [2.75, 3.05) is 10.8 Å². The number of sulfonamides is 1. The average Bonchev–Trinajstić information content (AvgIpc) is 2.77. The lowest BCUT2D eigenvalue weighted by Crippen LogP contribution is -2.36. The van der Waals surface area contributed by atoms with Crippen LogP contribution in [0.15, 0.2) is 24.3 Å². The Kier molecular flexibility index (Phi) is 3.91. The Bertz CT molecular complexity index is 620. The molecule has 1 aliphatic rings. The molecule has 0 fully saturated rings. The second-order valence-corrected chi connectivity index (χ2v) is 8.21. The Labute approximate surface area is 120 Å². The van der Waals surface area contributed by atoms with E-state index in [9.17, 15) is 13.2 Å². The Morgan fingerprint density at radius 1 is 1.20 bits per heavy atom. The first-order valence-corrected chi connectivity index (χ1v) is 8.41. The maximum absolute atomic E-state index is 12.4. The van der Waals surface area contributed by atoms with E-state index in [0.29, 0.717) is 5.69 Å². The summed E-state index contributed by atoms with van der Waals surface area (Å²) in [7, 11) is -3.40. The topological polar surface area (TPSA) is 54.5 Å². The smallest absolute Gasteiger partial charge is 0.237 e. The number of nitrogens with zero attached hydrogens (tertiary/aromatic N) is 1. The molecule has 4 nitrogen and oxygen atoms in total. The van der Waals surface area contributed by atoms with E-state index >= 15 is 0 Å². The molecule has 1 aromatic carbocycles. The van der Waals surface area contributed by atoms with Crippen molar-refractivity contribution in [2.24, 2.45) is 5.92 Å². The first-order chi connectivity index (χ1) is 9.26. The monoisotopic (exact) mass is 295 g/mol. The van der Waals surface area contributed by atoms with Gasteiger partial charge in [-0.3, -0.25) is 9.10 Å². The molecule has 0 saturated heterocycles. The lowest BCUT2D eigenvalue weighted by Gasteiger charge is -2.22. The summed E-state index contributed by atoms with van der Waals surface area (Å²) in [6.07, 6.45) is 0. The third-order valence-electron chi connectivity index (χ3n) is 3.74. The lowest BCUT2D eigenvalue weighted by atomic mass is 9.91. The number of carbonyl (C=O) groups is 1. The zero-order valence-electron chi connectivity index (χ0n) is 12.3. The van der Waals surface area contributed by atoms with Crippen LogP contribution in [-0.4, -0.2) is 26.0 Å². The molecule has 1 aromatic rings. The summed E-state index contributed by atoms with van der Waals surface area (Å²) in [5, 5.41) is -0.497. The molecule has 110 valence electrons. The minimum atomic E-state index is -3.40. The molecule has 1 heterocycles. The highest BCUT2D eigenvalue weighted by Crippen LogP contribution is 2.40. The number of carbonyl (C=O) groups excluding carboxylic acids is 1. The standard InChI is InChI=1S/C15H21NO3S/c1-10(2)15(17)13-9-16(20(18,19)11(3)4)14-8-6-5-7-12(13)14/h5-8,10-11,13H,9H2,1-4H3. The molecule has 0 spiro atoms. The van der Waals surface area contributed by atoms with Crippen molar-refractivity contribution in [2.45, 2.75) is 38.9 Å². The summed E-state index contributed by atoms with van der Waals surface area (Å²) in [5.41, 5.74) is 1.48. The molecular formula is C15H21NO3S. The molecule has 20 heavy (non-hydrogen) atoms. The van der Waals surface area contributed by atoms with Crippen molar-refractivity contribution < 1.29 is 13.2 Å². The molecule has 1 unspecified atom stereocenters. The molecule has 0 bridgehead atoms. The summed E-state index contributed by atoms with van der Waals surface area (Å²) < 4.78 is 26.3. The van der Waals surface area contributed by atoms with Gasteiger partial charge in [-0.15, -0.1) is 0 Å². The summed E-state index contributed by atoms with van der Waals surface area (Å²) in [5.74, 6) is -0.353. The van der Waals surface area contributed by atoms with E-state index < -0.39 is 15.3 Å². The van der Waals surface area contributed by atoms with Gasteiger partial charge in [0.25, 0.3) is 0 Å². The molecule has 1 atom stereocenters. The Hall–Kier alpha value is -1.36. The van der Waals surface area contributed by atoms with E-state index in [1.54, 1.807) is 19.9 Å². The first-order valence-electron chi connectivity index (χ1n) is 6.91. The summed E-state index contributed by atoms with van der Waals surface area (Å²) in [6.45, 7) is 7.26. The van der Waals surface area contributed by atoms with Crippen LogP contribution in [0.25, 0.3) is 0 Å². The van der Waals surface area contributed by atoms with Gasteiger partial charge in [0, 0.05) is 12.5 Å². The molecule has 0 aliphatic carbocycles. The summed E-state index contributed by atoms with van der Waals surface area (Å²) >= 11 is 0. The van der Waals surface area contributed by atoms with Gasteiger partial charge in [0.2, 0.25) is 10.0 Å². The van der Waals surface area contributed by atoms with Gasteiger partial charge in [-0.1, -0.05) is 32.0 Å². The minimum absolute atomic E-state index is 0.0962.